The molecule has 0 aliphatic rings. The van der Waals surface area contributed by atoms with Crippen molar-refractivity contribution in [1.82, 2.24) is 19.7 Å². The summed E-state index contributed by atoms with van der Waals surface area (Å²) < 4.78 is 7.31. The molecule has 0 amide bonds. The molecular formula is C19H22N4O3. The predicted molar refractivity (Wildman–Crippen MR) is 97.1 cm³/mol. The monoisotopic (exact) mass is 354 g/mol. The van der Waals surface area contributed by atoms with Crippen LogP contribution in [-0.4, -0.2) is 36.4 Å². The molecule has 7 heteroatoms. The molecule has 0 spiro atoms. The minimum absolute atomic E-state index is 0.150. The molecular weight excluding hydrogens is 332 g/mol. The first kappa shape index (κ1) is 18.0. The summed E-state index contributed by atoms with van der Waals surface area (Å²) in [5.41, 5.74) is 2.71. The lowest BCUT2D eigenvalue weighted by atomic mass is 10.1. The summed E-state index contributed by atoms with van der Waals surface area (Å²) in [6.45, 7) is 8.25. The molecule has 3 heterocycles. The van der Waals surface area contributed by atoms with E-state index in [1.54, 1.807) is 10.9 Å². The fraction of sp³-hybridized carbons (Fsp3) is 0.368. The summed E-state index contributed by atoms with van der Waals surface area (Å²) in [6.07, 6.45) is 3.25. The van der Waals surface area contributed by atoms with E-state index >= 15 is 0 Å². The SMILES string of the molecule is Cc1nc2ncccc2cc1Cn1cc(C(=O)O)c(COC(C)(C)C)n1. The van der Waals surface area contributed by atoms with Crippen molar-refractivity contribution < 1.29 is 14.6 Å². The van der Waals surface area contributed by atoms with E-state index in [4.69, 9.17) is 4.74 Å². The Hall–Kier alpha value is -2.80. The number of hydrogen-bond donors (Lipinski definition) is 1. The molecule has 0 aliphatic carbocycles. The predicted octanol–water partition coefficient (Wildman–Crippen LogP) is 3.20. The summed E-state index contributed by atoms with van der Waals surface area (Å²) in [6, 6.07) is 5.83. The maximum absolute atomic E-state index is 11.5. The minimum Gasteiger partial charge on any atom is -0.478 e. The van der Waals surface area contributed by atoms with E-state index in [2.05, 4.69) is 15.1 Å². The number of fused-ring (bicyclic) bond motifs is 1. The van der Waals surface area contributed by atoms with Gasteiger partial charge in [-0.1, -0.05) is 0 Å². The maximum Gasteiger partial charge on any atom is 0.339 e. The molecule has 26 heavy (non-hydrogen) atoms. The van der Waals surface area contributed by atoms with Gasteiger partial charge in [0.2, 0.25) is 0 Å². The number of nitrogens with zero attached hydrogens (tertiary/aromatic N) is 4. The smallest absolute Gasteiger partial charge is 0.339 e. The highest BCUT2D eigenvalue weighted by Gasteiger charge is 2.19. The van der Waals surface area contributed by atoms with Crippen molar-refractivity contribution in [3.8, 4) is 0 Å². The second kappa shape index (κ2) is 6.84. The van der Waals surface area contributed by atoms with Crippen molar-refractivity contribution in [2.75, 3.05) is 0 Å². The van der Waals surface area contributed by atoms with E-state index in [0.717, 1.165) is 16.6 Å². The average molecular weight is 354 g/mol. The van der Waals surface area contributed by atoms with E-state index in [9.17, 15) is 9.90 Å². The van der Waals surface area contributed by atoms with Gasteiger partial charge in [0.05, 0.1) is 18.8 Å². The molecule has 0 atom stereocenters. The first-order chi connectivity index (χ1) is 12.2. The van der Waals surface area contributed by atoms with Gasteiger partial charge in [0, 0.05) is 23.5 Å². The number of carboxylic acid groups (broad SMARTS) is 1. The highest BCUT2D eigenvalue weighted by atomic mass is 16.5. The van der Waals surface area contributed by atoms with Gasteiger partial charge >= 0.3 is 5.97 Å². The van der Waals surface area contributed by atoms with Crippen LogP contribution in [0, 0.1) is 6.92 Å². The van der Waals surface area contributed by atoms with E-state index in [1.807, 2.05) is 45.9 Å². The number of aromatic nitrogens is 4. The summed E-state index contributed by atoms with van der Waals surface area (Å²) in [4.78, 5) is 20.3. The van der Waals surface area contributed by atoms with Crippen molar-refractivity contribution in [3.05, 3.63) is 53.1 Å². The molecule has 3 aromatic rings. The van der Waals surface area contributed by atoms with Crippen LogP contribution in [-0.2, 0) is 17.9 Å². The quantitative estimate of drug-likeness (QED) is 0.757. The van der Waals surface area contributed by atoms with Gasteiger partial charge in [0.1, 0.15) is 11.3 Å². The minimum atomic E-state index is -1.01. The number of hydrogen-bond acceptors (Lipinski definition) is 5. The number of aryl methyl sites for hydroxylation is 1. The van der Waals surface area contributed by atoms with Gasteiger partial charge < -0.3 is 9.84 Å². The summed E-state index contributed by atoms with van der Waals surface area (Å²) in [5.74, 6) is -1.01. The Balaban J connectivity index is 1.90. The topological polar surface area (TPSA) is 90.1 Å². The fourth-order valence-electron chi connectivity index (χ4n) is 2.59. The molecule has 1 N–H and O–H groups in total. The molecule has 0 aromatic carbocycles. The molecule has 0 unspecified atom stereocenters. The van der Waals surface area contributed by atoms with Crippen molar-refractivity contribution in [2.45, 2.75) is 46.4 Å². The molecule has 0 aliphatic heterocycles. The third-order valence-electron chi connectivity index (χ3n) is 3.93. The van der Waals surface area contributed by atoms with Gasteiger partial charge in [-0.25, -0.2) is 14.8 Å². The third kappa shape index (κ3) is 4.05. The van der Waals surface area contributed by atoms with E-state index < -0.39 is 5.97 Å². The number of carboxylic acids is 1. The molecule has 7 nitrogen and oxygen atoms in total. The third-order valence-corrected chi connectivity index (χ3v) is 3.93. The maximum atomic E-state index is 11.5. The lowest BCUT2D eigenvalue weighted by Gasteiger charge is -2.18. The Kier molecular flexibility index (Phi) is 4.73. The van der Waals surface area contributed by atoms with Gasteiger partial charge in [-0.2, -0.15) is 5.10 Å². The van der Waals surface area contributed by atoms with Crippen LogP contribution >= 0.6 is 0 Å². The standard InChI is InChI=1S/C19H22N4O3/c1-12-14(8-13-6-5-7-20-17(13)21-12)9-23-10-15(18(24)25)16(22-23)11-26-19(2,3)4/h5-8,10H,9,11H2,1-4H3,(H,24,25). The fourth-order valence-corrected chi connectivity index (χ4v) is 2.59. The number of aromatic carboxylic acids is 1. The van der Waals surface area contributed by atoms with Crippen LogP contribution in [0.5, 0.6) is 0 Å². The lowest BCUT2D eigenvalue weighted by Crippen LogP contribution is -2.19. The van der Waals surface area contributed by atoms with Crippen molar-refractivity contribution in [3.63, 3.8) is 0 Å². The van der Waals surface area contributed by atoms with Crippen molar-refractivity contribution in [1.29, 1.82) is 0 Å². The van der Waals surface area contributed by atoms with Crippen LogP contribution in [0.15, 0.2) is 30.6 Å². The van der Waals surface area contributed by atoms with Gasteiger partial charge in [0.15, 0.2) is 5.65 Å². The summed E-state index contributed by atoms with van der Waals surface area (Å²) in [7, 11) is 0. The molecule has 0 saturated carbocycles. The molecule has 0 radical (unpaired) electrons. The highest BCUT2D eigenvalue weighted by Crippen LogP contribution is 2.18. The zero-order valence-corrected chi connectivity index (χ0v) is 15.4. The Morgan fingerprint density at radius 1 is 1.35 bits per heavy atom. The zero-order valence-electron chi connectivity index (χ0n) is 15.4. The largest absolute Gasteiger partial charge is 0.478 e. The number of ether oxygens (including phenoxy) is 1. The molecule has 3 aromatic heterocycles. The van der Waals surface area contributed by atoms with Crippen LogP contribution in [0.3, 0.4) is 0 Å². The van der Waals surface area contributed by atoms with Crippen molar-refractivity contribution >= 4 is 17.0 Å². The first-order valence-corrected chi connectivity index (χ1v) is 8.38. The Morgan fingerprint density at radius 3 is 2.81 bits per heavy atom. The Morgan fingerprint density at radius 2 is 2.12 bits per heavy atom. The number of rotatable bonds is 5. The molecule has 3 rings (SSSR count). The molecule has 0 saturated heterocycles. The normalized spacial score (nSPS) is 11.8. The number of carbonyl (C=O) groups is 1. The van der Waals surface area contributed by atoms with E-state index in [1.165, 1.54) is 6.20 Å². The van der Waals surface area contributed by atoms with E-state index in [-0.39, 0.29) is 17.8 Å². The molecule has 0 fully saturated rings. The highest BCUT2D eigenvalue weighted by molar-refractivity contribution is 5.88. The molecule has 0 bridgehead atoms. The second-order valence-corrected chi connectivity index (χ2v) is 7.18. The average Bonchev–Trinajstić information content (AvgIpc) is 2.96. The van der Waals surface area contributed by atoms with Crippen LogP contribution in [0.1, 0.15) is 48.1 Å². The first-order valence-electron chi connectivity index (χ1n) is 8.38. The van der Waals surface area contributed by atoms with Crippen molar-refractivity contribution in [2.24, 2.45) is 0 Å². The van der Waals surface area contributed by atoms with Crippen LogP contribution in [0.2, 0.25) is 0 Å². The lowest BCUT2D eigenvalue weighted by molar-refractivity contribution is -0.0171. The Bertz CT molecular complexity index is 957. The van der Waals surface area contributed by atoms with E-state index in [0.29, 0.717) is 17.9 Å². The van der Waals surface area contributed by atoms with Crippen LogP contribution < -0.4 is 0 Å². The van der Waals surface area contributed by atoms with Gasteiger partial charge in [0.25, 0.3) is 0 Å². The van der Waals surface area contributed by atoms with Crippen LogP contribution in [0.25, 0.3) is 11.0 Å². The molecule has 136 valence electrons. The summed E-state index contributed by atoms with van der Waals surface area (Å²) >= 11 is 0. The van der Waals surface area contributed by atoms with Crippen LogP contribution in [0.4, 0.5) is 0 Å². The second-order valence-electron chi connectivity index (χ2n) is 7.18. The Labute approximate surface area is 151 Å². The zero-order chi connectivity index (χ0) is 18.9. The number of pyridine rings is 2. The van der Waals surface area contributed by atoms with Gasteiger partial charge in [-0.3, -0.25) is 4.68 Å². The summed E-state index contributed by atoms with van der Waals surface area (Å²) in [5, 5.41) is 14.8. The van der Waals surface area contributed by atoms with Gasteiger partial charge in [-0.05, 0) is 51.5 Å². The van der Waals surface area contributed by atoms with Gasteiger partial charge in [-0.15, -0.1) is 0 Å².